The number of nitro groups is 1. The molecule has 0 aliphatic heterocycles. The molecule has 1 atom stereocenters. The van der Waals surface area contributed by atoms with Gasteiger partial charge in [0.05, 0.1) is 10.6 Å². The van der Waals surface area contributed by atoms with Gasteiger partial charge in [0.25, 0.3) is 5.69 Å². The van der Waals surface area contributed by atoms with Gasteiger partial charge in [-0.2, -0.15) is 0 Å². The van der Waals surface area contributed by atoms with Crippen LogP contribution in [0.2, 0.25) is 0 Å². The molecule has 1 aromatic rings. The zero-order chi connectivity index (χ0) is 14.0. The van der Waals surface area contributed by atoms with E-state index in [0.717, 1.165) is 25.3 Å². The first kappa shape index (κ1) is 13.8. The summed E-state index contributed by atoms with van der Waals surface area (Å²) in [7, 11) is 0. The summed E-state index contributed by atoms with van der Waals surface area (Å²) in [5, 5.41) is 13.8. The Labute approximate surface area is 112 Å². The summed E-state index contributed by atoms with van der Waals surface area (Å²) >= 11 is 0. The second kappa shape index (κ2) is 5.15. The lowest BCUT2D eigenvalue weighted by Gasteiger charge is -2.36. The van der Waals surface area contributed by atoms with Crippen molar-refractivity contribution in [2.75, 3.05) is 5.32 Å². The number of non-ortho nitro benzene ring substituents is 1. The summed E-state index contributed by atoms with van der Waals surface area (Å²) in [5.41, 5.74) is 0.392. The smallest absolute Gasteiger partial charge is 0.271 e. The third kappa shape index (κ3) is 3.43. The van der Waals surface area contributed by atoms with Gasteiger partial charge in [0.2, 0.25) is 0 Å². The van der Waals surface area contributed by atoms with Crippen LogP contribution in [0, 0.1) is 21.3 Å². The lowest BCUT2D eigenvalue weighted by Crippen LogP contribution is -2.32. The number of nitro benzene ring substituents is 1. The second-order valence-electron chi connectivity index (χ2n) is 6.02. The number of halogens is 1. The third-order valence-electron chi connectivity index (χ3n) is 3.73. The van der Waals surface area contributed by atoms with Crippen LogP contribution in [0.3, 0.4) is 0 Å². The number of hydrogen-bond acceptors (Lipinski definition) is 3. The van der Waals surface area contributed by atoms with Gasteiger partial charge in [-0.05, 0) is 30.7 Å². The van der Waals surface area contributed by atoms with E-state index in [0.29, 0.717) is 0 Å². The standard InChI is InChI=1S/C14H19FN2O2/c1-14(2)7-3-4-10(9-14)16-13-8-11(17(18)19)5-6-12(13)15/h5-6,8,10,16H,3-4,7,9H2,1-2H3. The van der Waals surface area contributed by atoms with Gasteiger partial charge in [-0.1, -0.05) is 20.3 Å². The van der Waals surface area contributed by atoms with Gasteiger partial charge in [0, 0.05) is 18.2 Å². The van der Waals surface area contributed by atoms with E-state index in [1.807, 2.05) is 0 Å². The molecule has 1 unspecified atom stereocenters. The molecule has 0 amide bonds. The summed E-state index contributed by atoms with van der Waals surface area (Å²) in [5.74, 6) is -0.436. The van der Waals surface area contributed by atoms with Crippen LogP contribution in [0.4, 0.5) is 15.8 Å². The van der Waals surface area contributed by atoms with Gasteiger partial charge in [0.15, 0.2) is 0 Å². The molecule has 1 aliphatic rings. The molecule has 1 fully saturated rings. The summed E-state index contributed by atoms with van der Waals surface area (Å²) in [6, 6.07) is 3.79. The van der Waals surface area contributed by atoms with Crippen molar-refractivity contribution in [2.45, 2.75) is 45.6 Å². The minimum Gasteiger partial charge on any atom is -0.380 e. The quantitative estimate of drug-likeness (QED) is 0.661. The van der Waals surface area contributed by atoms with E-state index in [4.69, 9.17) is 0 Å². The van der Waals surface area contributed by atoms with Crippen LogP contribution in [0.5, 0.6) is 0 Å². The summed E-state index contributed by atoms with van der Waals surface area (Å²) < 4.78 is 13.7. The highest BCUT2D eigenvalue weighted by Crippen LogP contribution is 2.36. The van der Waals surface area contributed by atoms with E-state index < -0.39 is 10.7 Å². The Morgan fingerprint density at radius 3 is 2.84 bits per heavy atom. The lowest BCUT2D eigenvalue weighted by molar-refractivity contribution is -0.384. The van der Waals surface area contributed by atoms with Gasteiger partial charge >= 0.3 is 0 Å². The SMILES string of the molecule is CC1(C)CCCC(Nc2cc([N+](=O)[O-])ccc2F)C1. The lowest BCUT2D eigenvalue weighted by atomic mass is 9.75. The Kier molecular flexibility index (Phi) is 3.73. The van der Waals surface area contributed by atoms with Crippen LogP contribution in [0.15, 0.2) is 18.2 Å². The van der Waals surface area contributed by atoms with Crippen LogP contribution in [0.25, 0.3) is 0 Å². The van der Waals surface area contributed by atoms with E-state index in [1.165, 1.54) is 18.6 Å². The van der Waals surface area contributed by atoms with E-state index >= 15 is 0 Å². The predicted molar refractivity (Wildman–Crippen MR) is 72.7 cm³/mol. The van der Waals surface area contributed by atoms with Gasteiger partial charge < -0.3 is 5.32 Å². The fraction of sp³-hybridized carbons (Fsp3) is 0.571. The van der Waals surface area contributed by atoms with Crippen LogP contribution >= 0.6 is 0 Å². The molecule has 5 heteroatoms. The zero-order valence-electron chi connectivity index (χ0n) is 11.3. The van der Waals surface area contributed by atoms with E-state index in [-0.39, 0.29) is 22.8 Å². The van der Waals surface area contributed by atoms with Crippen LogP contribution in [-0.4, -0.2) is 11.0 Å². The predicted octanol–water partition coefficient (Wildman–Crippen LogP) is 4.11. The topological polar surface area (TPSA) is 55.2 Å². The van der Waals surface area contributed by atoms with E-state index in [1.54, 1.807) is 0 Å². The molecule has 19 heavy (non-hydrogen) atoms. The van der Waals surface area contributed by atoms with Crippen LogP contribution < -0.4 is 5.32 Å². The Morgan fingerprint density at radius 1 is 1.47 bits per heavy atom. The molecule has 0 radical (unpaired) electrons. The summed E-state index contributed by atoms with van der Waals surface area (Å²) in [4.78, 5) is 10.2. The maximum Gasteiger partial charge on any atom is 0.271 e. The van der Waals surface area contributed by atoms with E-state index in [2.05, 4.69) is 19.2 Å². The zero-order valence-corrected chi connectivity index (χ0v) is 11.3. The fourth-order valence-electron chi connectivity index (χ4n) is 2.78. The molecule has 2 rings (SSSR count). The molecule has 0 aromatic heterocycles. The molecule has 1 N–H and O–H groups in total. The van der Waals surface area contributed by atoms with Crippen molar-refractivity contribution in [1.29, 1.82) is 0 Å². The second-order valence-corrected chi connectivity index (χ2v) is 6.02. The Balaban J connectivity index is 2.14. The maximum atomic E-state index is 13.7. The summed E-state index contributed by atoms with van der Waals surface area (Å²) in [6.07, 6.45) is 4.20. The van der Waals surface area contributed by atoms with Crippen molar-refractivity contribution in [3.05, 3.63) is 34.1 Å². The first-order chi connectivity index (χ1) is 8.87. The normalized spacial score (nSPS) is 21.9. The highest BCUT2D eigenvalue weighted by Gasteiger charge is 2.28. The van der Waals surface area contributed by atoms with Crippen LogP contribution in [0.1, 0.15) is 39.5 Å². The average molecular weight is 266 g/mol. The first-order valence-corrected chi connectivity index (χ1v) is 6.58. The minimum atomic E-state index is -0.505. The van der Waals surface area contributed by atoms with Crippen molar-refractivity contribution in [3.8, 4) is 0 Å². The van der Waals surface area contributed by atoms with Crippen molar-refractivity contribution >= 4 is 11.4 Å². The number of nitrogens with one attached hydrogen (secondary N) is 1. The highest BCUT2D eigenvalue weighted by atomic mass is 19.1. The van der Waals surface area contributed by atoms with Crippen molar-refractivity contribution in [1.82, 2.24) is 0 Å². The van der Waals surface area contributed by atoms with Crippen molar-refractivity contribution < 1.29 is 9.31 Å². The fourth-order valence-corrected chi connectivity index (χ4v) is 2.78. The third-order valence-corrected chi connectivity index (χ3v) is 3.73. The van der Waals surface area contributed by atoms with Crippen molar-refractivity contribution in [3.63, 3.8) is 0 Å². The maximum absolute atomic E-state index is 13.7. The monoisotopic (exact) mass is 266 g/mol. The number of nitrogens with zero attached hydrogens (tertiary/aromatic N) is 1. The molecular formula is C14H19FN2O2. The molecule has 0 spiro atoms. The van der Waals surface area contributed by atoms with Gasteiger partial charge in [-0.15, -0.1) is 0 Å². The molecule has 4 nitrogen and oxygen atoms in total. The molecular weight excluding hydrogens is 247 g/mol. The number of rotatable bonds is 3. The van der Waals surface area contributed by atoms with Gasteiger partial charge in [-0.25, -0.2) is 4.39 Å². The molecule has 1 aromatic carbocycles. The molecule has 0 bridgehead atoms. The average Bonchev–Trinajstić information content (AvgIpc) is 2.30. The largest absolute Gasteiger partial charge is 0.380 e. The Hall–Kier alpha value is -1.65. The van der Waals surface area contributed by atoms with Crippen molar-refractivity contribution in [2.24, 2.45) is 5.41 Å². The minimum absolute atomic E-state index is 0.0843. The molecule has 104 valence electrons. The molecule has 1 aliphatic carbocycles. The van der Waals surface area contributed by atoms with E-state index in [9.17, 15) is 14.5 Å². The first-order valence-electron chi connectivity index (χ1n) is 6.58. The Bertz CT molecular complexity index is 488. The summed E-state index contributed by atoms with van der Waals surface area (Å²) in [6.45, 7) is 4.40. The molecule has 0 heterocycles. The Morgan fingerprint density at radius 2 is 2.21 bits per heavy atom. The van der Waals surface area contributed by atoms with Gasteiger partial charge in [-0.3, -0.25) is 10.1 Å². The molecule has 1 saturated carbocycles. The molecule has 0 saturated heterocycles. The number of anilines is 1. The van der Waals surface area contributed by atoms with Gasteiger partial charge in [0.1, 0.15) is 5.82 Å². The highest BCUT2D eigenvalue weighted by molar-refractivity contribution is 5.52. The number of hydrogen-bond donors (Lipinski definition) is 1. The number of benzene rings is 1. The van der Waals surface area contributed by atoms with Crippen LogP contribution in [-0.2, 0) is 0 Å².